The number of aliphatic imine (C=N–C) groups is 1. The predicted octanol–water partition coefficient (Wildman–Crippen LogP) is 5.19. The maximum absolute atomic E-state index is 14.5. The lowest BCUT2D eigenvalue weighted by molar-refractivity contribution is -0.123. The van der Waals surface area contributed by atoms with Crippen LogP contribution >= 0.6 is 23.2 Å². The third-order valence-electron chi connectivity index (χ3n) is 9.90. The van der Waals surface area contributed by atoms with Crippen molar-refractivity contribution in [1.82, 2.24) is 15.1 Å². The summed E-state index contributed by atoms with van der Waals surface area (Å²) in [6.45, 7) is 5.19. The molecule has 5 aliphatic rings. The van der Waals surface area contributed by atoms with E-state index in [1.54, 1.807) is 12.0 Å². The topological polar surface area (TPSA) is 83.5 Å². The third kappa shape index (κ3) is 6.60. The van der Waals surface area contributed by atoms with Gasteiger partial charge in [0.05, 0.1) is 30.4 Å². The van der Waals surface area contributed by atoms with Crippen LogP contribution in [0.15, 0.2) is 4.99 Å². The Morgan fingerprint density at radius 1 is 1.05 bits per heavy atom. The molecule has 0 bridgehead atoms. The number of piperazine rings is 1. The molecule has 10 heteroatoms. The monoisotopic (exact) mass is 598 g/mol. The number of ether oxygens (including phenoxy) is 2. The minimum Gasteiger partial charge on any atom is -0.381 e. The molecule has 1 N–H and O–H groups in total. The van der Waals surface area contributed by atoms with Crippen LogP contribution in [-0.4, -0.2) is 95.5 Å². The van der Waals surface area contributed by atoms with Gasteiger partial charge in [0, 0.05) is 43.3 Å². The summed E-state index contributed by atoms with van der Waals surface area (Å²) >= 11 is 13.6. The first-order chi connectivity index (χ1) is 19.3. The molecule has 0 spiro atoms. The van der Waals surface area contributed by atoms with Gasteiger partial charge in [-0.25, -0.2) is 4.79 Å². The second-order valence-corrected chi connectivity index (χ2v) is 14.0. The number of halogens is 2. The summed E-state index contributed by atoms with van der Waals surface area (Å²) < 4.78 is 12.3. The average Bonchev–Trinajstić information content (AvgIpc) is 3.33. The zero-order valence-electron chi connectivity index (χ0n) is 24.4. The Labute approximate surface area is 249 Å². The molecule has 5 rings (SSSR count). The summed E-state index contributed by atoms with van der Waals surface area (Å²) in [7, 11) is 1.77. The first-order valence-electron chi connectivity index (χ1n) is 15.7. The number of hydrogen-bond acceptors (Lipinski definition) is 5. The van der Waals surface area contributed by atoms with Crippen LogP contribution in [0.5, 0.6) is 0 Å². The van der Waals surface area contributed by atoms with E-state index in [9.17, 15) is 9.59 Å². The highest BCUT2D eigenvalue weighted by Gasteiger charge is 2.53. The highest BCUT2D eigenvalue weighted by molar-refractivity contribution is 6.21. The molecule has 2 heterocycles. The third-order valence-corrected chi connectivity index (χ3v) is 10.9. The van der Waals surface area contributed by atoms with E-state index in [1.807, 2.05) is 4.90 Å². The summed E-state index contributed by atoms with van der Waals surface area (Å²) in [5, 5.41) is 3.11. The largest absolute Gasteiger partial charge is 0.381 e. The molecule has 8 nitrogen and oxygen atoms in total. The van der Waals surface area contributed by atoms with Gasteiger partial charge in [0.2, 0.25) is 5.91 Å². The van der Waals surface area contributed by atoms with Gasteiger partial charge in [0.15, 0.2) is 0 Å². The minimum atomic E-state index is -0.109. The number of alkyl halides is 2. The van der Waals surface area contributed by atoms with E-state index in [4.69, 9.17) is 37.7 Å². The molecule has 2 aliphatic heterocycles. The van der Waals surface area contributed by atoms with Crippen molar-refractivity contribution in [3.05, 3.63) is 0 Å². The molecular formula is C30H48Cl2N4O4. The summed E-state index contributed by atoms with van der Waals surface area (Å²) in [4.78, 5) is 36.2. The summed E-state index contributed by atoms with van der Waals surface area (Å²) in [6, 6.07) is -0.203. The SMILES string of the molecule is COC1CCC(C2=NC([C@@H]3CCCCC3Cl)[C@@H](C3CCC(Cl)CC3)N2C(=O)N2CCNC(=O)C2)C(OC(C)C)C1. The van der Waals surface area contributed by atoms with Crippen LogP contribution in [0, 0.1) is 17.8 Å². The van der Waals surface area contributed by atoms with Crippen molar-refractivity contribution < 1.29 is 19.1 Å². The lowest BCUT2D eigenvalue weighted by Gasteiger charge is -2.44. The number of amides is 3. The van der Waals surface area contributed by atoms with Gasteiger partial charge in [-0.05, 0) is 77.0 Å². The van der Waals surface area contributed by atoms with E-state index < -0.39 is 0 Å². The fourth-order valence-electron chi connectivity index (χ4n) is 7.91. The number of nitrogens with zero attached hydrogens (tertiary/aromatic N) is 3. The molecule has 5 unspecified atom stereocenters. The highest BCUT2D eigenvalue weighted by Crippen LogP contribution is 2.45. The van der Waals surface area contributed by atoms with E-state index in [0.717, 1.165) is 76.5 Å². The number of nitrogens with one attached hydrogen (secondary N) is 1. The first kappa shape index (κ1) is 30.4. The number of amidine groups is 1. The van der Waals surface area contributed by atoms with E-state index in [1.165, 1.54) is 0 Å². The van der Waals surface area contributed by atoms with E-state index in [2.05, 4.69) is 19.2 Å². The second-order valence-electron chi connectivity index (χ2n) is 12.9. The van der Waals surface area contributed by atoms with Gasteiger partial charge >= 0.3 is 6.03 Å². The Balaban J connectivity index is 1.55. The van der Waals surface area contributed by atoms with Crippen molar-refractivity contribution in [2.45, 2.75) is 126 Å². The summed E-state index contributed by atoms with van der Waals surface area (Å²) in [5.41, 5.74) is 0. The van der Waals surface area contributed by atoms with Gasteiger partial charge in [0.1, 0.15) is 12.4 Å². The molecular weight excluding hydrogens is 551 g/mol. The van der Waals surface area contributed by atoms with Crippen LogP contribution < -0.4 is 5.32 Å². The standard InChI is InChI=1S/C30H48Cl2N4O4/c1-18(2)40-25-16-21(39-3)12-13-23(25)29-34-27(22-6-4-5-7-24(22)32)28(19-8-10-20(31)11-9-19)36(29)30(38)35-15-14-33-26(37)17-35/h18-25,27-28H,4-17H2,1-3H3,(H,33,37)/t19?,20?,21?,22-,23?,24?,25?,27?,28-/m1/s1. The molecule has 4 fully saturated rings. The zero-order valence-corrected chi connectivity index (χ0v) is 25.9. The van der Waals surface area contributed by atoms with Crippen LogP contribution in [0.3, 0.4) is 0 Å². The van der Waals surface area contributed by atoms with Crippen LogP contribution in [0.4, 0.5) is 4.79 Å². The number of rotatable bonds is 6. The van der Waals surface area contributed by atoms with Crippen LogP contribution in [0.25, 0.3) is 0 Å². The Kier molecular flexibility index (Phi) is 10.2. The lowest BCUT2D eigenvalue weighted by Crippen LogP contribution is -2.60. The Morgan fingerprint density at radius 2 is 1.80 bits per heavy atom. The first-order valence-corrected chi connectivity index (χ1v) is 16.5. The molecule has 3 aliphatic carbocycles. The smallest absolute Gasteiger partial charge is 0.326 e. The quantitative estimate of drug-likeness (QED) is 0.426. The lowest BCUT2D eigenvalue weighted by atomic mass is 9.74. The maximum Gasteiger partial charge on any atom is 0.326 e. The number of carbonyl (C=O) groups is 2. The zero-order chi connectivity index (χ0) is 28.4. The Morgan fingerprint density at radius 3 is 2.48 bits per heavy atom. The Bertz CT molecular complexity index is 927. The van der Waals surface area contributed by atoms with Crippen molar-refractivity contribution >= 4 is 41.0 Å². The number of carbonyl (C=O) groups excluding carboxylic acids is 2. The highest BCUT2D eigenvalue weighted by atomic mass is 35.5. The molecule has 0 aromatic rings. The van der Waals surface area contributed by atoms with E-state index in [0.29, 0.717) is 19.0 Å². The molecule has 7 atom stereocenters. The fraction of sp³-hybridized carbons (Fsp3) is 0.900. The van der Waals surface area contributed by atoms with Crippen molar-refractivity contribution in [1.29, 1.82) is 0 Å². The Hall–Kier alpha value is -1.09. The molecule has 0 aromatic carbocycles. The molecule has 1 saturated heterocycles. The molecule has 40 heavy (non-hydrogen) atoms. The van der Waals surface area contributed by atoms with Crippen molar-refractivity contribution in [2.24, 2.45) is 22.7 Å². The van der Waals surface area contributed by atoms with Crippen LogP contribution in [0.2, 0.25) is 0 Å². The normalized spacial score (nSPS) is 39.3. The van der Waals surface area contributed by atoms with Crippen LogP contribution in [0.1, 0.15) is 84.5 Å². The van der Waals surface area contributed by atoms with Gasteiger partial charge in [-0.3, -0.25) is 14.7 Å². The molecule has 0 aromatic heterocycles. The number of methoxy groups -OCH3 is 1. The minimum absolute atomic E-state index is 0.00870. The van der Waals surface area contributed by atoms with Gasteiger partial charge in [-0.15, -0.1) is 23.2 Å². The average molecular weight is 600 g/mol. The summed E-state index contributed by atoms with van der Waals surface area (Å²) in [6.07, 6.45) is 10.8. The maximum atomic E-state index is 14.5. The van der Waals surface area contributed by atoms with E-state index >= 15 is 0 Å². The van der Waals surface area contributed by atoms with Gasteiger partial charge in [-0.2, -0.15) is 0 Å². The van der Waals surface area contributed by atoms with Crippen molar-refractivity contribution in [2.75, 3.05) is 26.7 Å². The van der Waals surface area contributed by atoms with Gasteiger partial charge < -0.3 is 19.7 Å². The molecule has 0 radical (unpaired) electrons. The van der Waals surface area contributed by atoms with Gasteiger partial charge in [-0.1, -0.05) is 12.8 Å². The van der Waals surface area contributed by atoms with Crippen molar-refractivity contribution in [3.8, 4) is 0 Å². The van der Waals surface area contributed by atoms with E-state index in [-0.39, 0.29) is 71.5 Å². The second kappa shape index (κ2) is 13.5. The van der Waals surface area contributed by atoms with Crippen LogP contribution in [-0.2, 0) is 14.3 Å². The van der Waals surface area contributed by atoms with Crippen molar-refractivity contribution in [3.63, 3.8) is 0 Å². The molecule has 3 saturated carbocycles. The predicted molar refractivity (Wildman–Crippen MR) is 158 cm³/mol. The summed E-state index contributed by atoms with van der Waals surface area (Å²) in [5.74, 6) is 1.27. The van der Waals surface area contributed by atoms with Gasteiger partial charge in [0.25, 0.3) is 0 Å². The molecule has 226 valence electrons. The number of urea groups is 1. The molecule has 3 amide bonds. The fourth-order valence-corrected chi connectivity index (χ4v) is 8.59. The number of hydrogen-bond donors (Lipinski definition) is 1.